The molecule has 3 rings (SSSR count). The molecule has 9 nitrogen and oxygen atoms in total. The zero-order valence-corrected chi connectivity index (χ0v) is 21.1. The highest BCUT2D eigenvalue weighted by molar-refractivity contribution is 6.30. The Bertz CT molecular complexity index is 930. The van der Waals surface area contributed by atoms with Gasteiger partial charge in [-0.05, 0) is 71.6 Å². The molecule has 34 heavy (non-hydrogen) atoms. The van der Waals surface area contributed by atoms with Crippen LogP contribution < -0.4 is 5.32 Å². The lowest BCUT2D eigenvalue weighted by Gasteiger charge is -2.44. The number of hydrogen-bond donors (Lipinski definition) is 2. The van der Waals surface area contributed by atoms with Crippen LogP contribution in [0.15, 0.2) is 24.3 Å². The van der Waals surface area contributed by atoms with Gasteiger partial charge in [-0.2, -0.15) is 0 Å². The van der Waals surface area contributed by atoms with Gasteiger partial charge in [-0.1, -0.05) is 23.7 Å². The van der Waals surface area contributed by atoms with Crippen LogP contribution in [0.3, 0.4) is 0 Å². The molecule has 2 saturated heterocycles. The lowest BCUT2D eigenvalue weighted by Crippen LogP contribution is -2.64. The van der Waals surface area contributed by atoms with E-state index in [2.05, 4.69) is 5.32 Å². The van der Waals surface area contributed by atoms with Crippen molar-refractivity contribution in [1.29, 1.82) is 0 Å². The number of likely N-dealkylation sites (tertiary alicyclic amines) is 1. The number of nitrogens with zero attached hydrogens (tertiary/aromatic N) is 2. The monoisotopic (exact) mass is 495 g/mol. The van der Waals surface area contributed by atoms with Gasteiger partial charge in [0.1, 0.15) is 17.4 Å². The second kappa shape index (κ2) is 9.62. The van der Waals surface area contributed by atoms with E-state index in [0.717, 1.165) is 10.5 Å². The molecular weight excluding hydrogens is 462 g/mol. The Morgan fingerprint density at radius 1 is 1.24 bits per heavy atom. The minimum absolute atomic E-state index is 0.0437. The zero-order valence-electron chi connectivity index (χ0n) is 20.4. The lowest BCUT2D eigenvalue weighted by molar-refractivity contribution is -0.128. The summed E-state index contributed by atoms with van der Waals surface area (Å²) in [6, 6.07) is 6.33. The van der Waals surface area contributed by atoms with Crippen LogP contribution in [0.25, 0.3) is 0 Å². The quantitative estimate of drug-likeness (QED) is 0.656. The van der Waals surface area contributed by atoms with Crippen molar-refractivity contribution in [2.24, 2.45) is 0 Å². The summed E-state index contributed by atoms with van der Waals surface area (Å²) in [7, 11) is 0. The Labute approximate surface area is 205 Å². The molecule has 1 aromatic carbocycles. The van der Waals surface area contributed by atoms with Crippen molar-refractivity contribution in [3.05, 3.63) is 34.9 Å². The van der Waals surface area contributed by atoms with Crippen molar-refractivity contribution in [3.8, 4) is 0 Å². The molecule has 2 aliphatic rings. The van der Waals surface area contributed by atoms with E-state index in [0.29, 0.717) is 30.8 Å². The number of halogens is 1. The maximum absolute atomic E-state index is 13.4. The number of benzene rings is 1. The first-order valence-corrected chi connectivity index (χ1v) is 11.8. The third-order valence-electron chi connectivity index (χ3n) is 6.07. The van der Waals surface area contributed by atoms with Gasteiger partial charge < -0.3 is 24.8 Å². The largest absolute Gasteiger partial charge is 0.465 e. The maximum Gasteiger partial charge on any atom is 0.410 e. The van der Waals surface area contributed by atoms with Crippen LogP contribution in [0.4, 0.5) is 9.59 Å². The minimum Gasteiger partial charge on any atom is -0.465 e. The number of piperidine rings is 1. The van der Waals surface area contributed by atoms with Gasteiger partial charge in [0.25, 0.3) is 0 Å². The van der Waals surface area contributed by atoms with Crippen LogP contribution in [0.1, 0.15) is 53.0 Å². The summed E-state index contributed by atoms with van der Waals surface area (Å²) in [6.07, 6.45) is 0.0414. The van der Waals surface area contributed by atoms with Gasteiger partial charge in [-0.25, -0.2) is 9.59 Å². The summed E-state index contributed by atoms with van der Waals surface area (Å²) in [4.78, 5) is 40.8. The molecule has 10 heteroatoms. The fourth-order valence-corrected chi connectivity index (χ4v) is 4.73. The zero-order chi connectivity index (χ0) is 25.3. The van der Waals surface area contributed by atoms with Crippen LogP contribution in [-0.2, 0) is 20.7 Å². The number of nitrogens with one attached hydrogen (secondary N) is 1. The van der Waals surface area contributed by atoms with E-state index < -0.39 is 41.0 Å². The van der Waals surface area contributed by atoms with Crippen molar-refractivity contribution >= 4 is 29.7 Å². The predicted octanol–water partition coefficient (Wildman–Crippen LogP) is 3.88. The standard InChI is InChI=1S/C24H34ClN3O6/c1-22(2,3)34-21(32)27-12-6-11-24(15-27,13-16-7-9-17(25)10-8-16)26-19(29)18-14-33-23(4,5)28(18)20(30)31/h7-10,18H,6,11-15H2,1-5H3,(H,26,29)(H,30,31)/t18?,24-/m1/s1. The molecule has 0 saturated carbocycles. The molecule has 1 aromatic rings. The Morgan fingerprint density at radius 2 is 1.88 bits per heavy atom. The Balaban J connectivity index is 1.87. The first-order valence-electron chi connectivity index (χ1n) is 11.4. The second-order valence-electron chi connectivity index (χ2n) is 10.5. The molecule has 2 heterocycles. The summed E-state index contributed by atoms with van der Waals surface area (Å²) in [5.74, 6) is -0.451. The number of amides is 3. The van der Waals surface area contributed by atoms with E-state index >= 15 is 0 Å². The molecule has 2 fully saturated rings. The average molecular weight is 496 g/mol. The summed E-state index contributed by atoms with van der Waals surface area (Å²) < 4.78 is 11.2. The average Bonchev–Trinajstić information content (AvgIpc) is 3.04. The van der Waals surface area contributed by atoms with Crippen LogP contribution in [-0.4, -0.2) is 75.6 Å². The maximum atomic E-state index is 13.4. The minimum atomic E-state index is -1.23. The molecule has 3 amide bonds. The van der Waals surface area contributed by atoms with Gasteiger partial charge in [-0.3, -0.25) is 9.69 Å². The number of ether oxygens (including phenoxy) is 2. The Morgan fingerprint density at radius 3 is 2.47 bits per heavy atom. The molecule has 1 unspecified atom stereocenters. The number of hydrogen-bond acceptors (Lipinski definition) is 5. The van der Waals surface area contributed by atoms with Crippen molar-refractivity contribution in [1.82, 2.24) is 15.1 Å². The van der Waals surface area contributed by atoms with Crippen LogP contribution in [0.2, 0.25) is 5.02 Å². The highest BCUT2D eigenvalue weighted by atomic mass is 35.5. The Kier molecular flexibility index (Phi) is 7.38. The van der Waals surface area contributed by atoms with Crippen LogP contribution in [0.5, 0.6) is 0 Å². The third-order valence-corrected chi connectivity index (χ3v) is 6.32. The smallest absolute Gasteiger partial charge is 0.410 e. The first-order chi connectivity index (χ1) is 15.7. The summed E-state index contributed by atoms with van der Waals surface area (Å²) in [5.41, 5.74) is -1.64. The van der Waals surface area contributed by atoms with E-state index in [1.165, 1.54) is 0 Å². The third kappa shape index (κ3) is 6.13. The van der Waals surface area contributed by atoms with E-state index in [4.69, 9.17) is 21.1 Å². The van der Waals surface area contributed by atoms with Gasteiger partial charge in [0.05, 0.1) is 12.1 Å². The lowest BCUT2D eigenvalue weighted by atomic mass is 9.82. The van der Waals surface area contributed by atoms with Gasteiger partial charge >= 0.3 is 12.2 Å². The van der Waals surface area contributed by atoms with Crippen molar-refractivity contribution < 1.29 is 29.0 Å². The summed E-state index contributed by atoms with van der Waals surface area (Å²) in [5, 5.41) is 13.4. The van der Waals surface area contributed by atoms with Gasteiger partial charge in [0.2, 0.25) is 5.91 Å². The second-order valence-corrected chi connectivity index (χ2v) is 10.9. The number of carbonyl (C=O) groups excluding carboxylic acids is 2. The summed E-state index contributed by atoms with van der Waals surface area (Å²) >= 11 is 6.04. The van der Waals surface area contributed by atoms with Crippen molar-refractivity contribution in [2.75, 3.05) is 19.7 Å². The molecule has 0 aliphatic carbocycles. The number of rotatable bonds is 4. The SMILES string of the molecule is CC(C)(C)OC(=O)N1CCC[C@](Cc2ccc(Cl)cc2)(NC(=O)C2COC(C)(C)N2C(=O)O)C1. The first kappa shape index (κ1) is 26.1. The molecule has 0 radical (unpaired) electrons. The molecular formula is C24H34ClN3O6. The molecule has 2 aliphatic heterocycles. The molecule has 2 N–H and O–H groups in total. The van der Waals surface area contributed by atoms with Crippen LogP contribution in [0, 0.1) is 0 Å². The van der Waals surface area contributed by atoms with E-state index in [9.17, 15) is 19.5 Å². The number of carboxylic acid groups (broad SMARTS) is 1. The van der Waals surface area contributed by atoms with E-state index in [-0.39, 0.29) is 13.2 Å². The van der Waals surface area contributed by atoms with E-state index in [1.807, 2.05) is 12.1 Å². The highest BCUT2D eigenvalue weighted by Crippen LogP contribution is 2.31. The van der Waals surface area contributed by atoms with Crippen molar-refractivity contribution in [3.63, 3.8) is 0 Å². The Hall–Kier alpha value is -2.52. The number of carbonyl (C=O) groups is 3. The normalized spacial score (nSPS) is 24.6. The fourth-order valence-electron chi connectivity index (χ4n) is 4.60. The molecule has 188 valence electrons. The fraction of sp³-hybridized carbons (Fsp3) is 0.625. The molecule has 2 atom stereocenters. The van der Waals surface area contributed by atoms with E-state index in [1.54, 1.807) is 51.7 Å². The molecule has 0 spiro atoms. The molecule has 0 aromatic heterocycles. The predicted molar refractivity (Wildman–Crippen MR) is 127 cm³/mol. The van der Waals surface area contributed by atoms with Crippen LogP contribution >= 0.6 is 11.6 Å². The van der Waals surface area contributed by atoms with Gasteiger partial charge in [-0.15, -0.1) is 0 Å². The van der Waals surface area contributed by atoms with Gasteiger partial charge in [0.15, 0.2) is 0 Å². The topological polar surface area (TPSA) is 108 Å². The highest BCUT2D eigenvalue weighted by Gasteiger charge is 2.49. The molecule has 0 bridgehead atoms. The van der Waals surface area contributed by atoms with Crippen molar-refractivity contribution in [2.45, 2.75) is 76.8 Å². The summed E-state index contributed by atoms with van der Waals surface area (Å²) in [6.45, 7) is 9.34. The van der Waals surface area contributed by atoms with Gasteiger partial charge in [0, 0.05) is 18.1 Å².